The second-order valence-corrected chi connectivity index (χ2v) is 6.27. The molecular formula is C19H15ClN2O2. The maximum absolute atomic E-state index is 13.0. The normalized spacial score (nSPS) is 19.2. The molecule has 0 radical (unpaired) electrons. The van der Waals surface area contributed by atoms with Crippen molar-refractivity contribution in [2.45, 2.75) is 19.4 Å². The summed E-state index contributed by atoms with van der Waals surface area (Å²) in [6.07, 6.45) is 2.73. The zero-order valence-corrected chi connectivity index (χ0v) is 13.8. The fourth-order valence-electron chi connectivity index (χ4n) is 3.34. The topological polar surface area (TPSA) is 40.6 Å². The third-order valence-corrected chi connectivity index (χ3v) is 4.74. The molecule has 3 amide bonds. The molecule has 1 atom stereocenters. The van der Waals surface area contributed by atoms with Crippen molar-refractivity contribution in [3.05, 3.63) is 64.7 Å². The minimum absolute atomic E-state index is 0.218. The number of imide groups is 1. The first-order chi connectivity index (χ1) is 11.6. The zero-order valence-electron chi connectivity index (χ0n) is 13.1. The summed E-state index contributed by atoms with van der Waals surface area (Å²) < 4.78 is 0. The van der Waals surface area contributed by atoms with Crippen molar-refractivity contribution in [3.8, 4) is 0 Å². The van der Waals surface area contributed by atoms with E-state index in [4.69, 9.17) is 11.6 Å². The van der Waals surface area contributed by atoms with E-state index in [0.717, 1.165) is 16.8 Å². The van der Waals surface area contributed by atoms with Gasteiger partial charge in [-0.05, 0) is 47.9 Å². The van der Waals surface area contributed by atoms with Crippen LogP contribution in [0.2, 0.25) is 5.02 Å². The van der Waals surface area contributed by atoms with Gasteiger partial charge in [0.05, 0.1) is 11.4 Å². The number of fused-ring (bicyclic) bond motifs is 3. The van der Waals surface area contributed by atoms with Crippen LogP contribution >= 0.6 is 11.6 Å². The number of halogens is 1. The molecule has 0 aliphatic carbocycles. The number of carbonyl (C=O) groups excluding carboxylic acids is 2. The number of anilines is 2. The molecule has 120 valence electrons. The Hall–Kier alpha value is -2.59. The van der Waals surface area contributed by atoms with Gasteiger partial charge in [0.1, 0.15) is 6.04 Å². The van der Waals surface area contributed by atoms with Crippen LogP contribution in [-0.4, -0.2) is 18.0 Å². The summed E-state index contributed by atoms with van der Waals surface area (Å²) >= 11 is 5.92. The summed E-state index contributed by atoms with van der Waals surface area (Å²) in [7, 11) is 0. The molecule has 0 saturated carbocycles. The fourth-order valence-corrected chi connectivity index (χ4v) is 3.47. The zero-order chi connectivity index (χ0) is 16.8. The Morgan fingerprint density at radius 1 is 1.04 bits per heavy atom. The van der Waals surface area contributed by atoms with Crippen LogP contribution < -0.4 is 9.80 Å². The lowest BCUT2D eigenvalue weighted by atomic mass is 9.94. The Morgan fingerprint density at radius 2 is 1.75 bits per heavy atom. The molecule has 1 fully saturated rings. The highest BCUT2D eigenvalue weighted by molar-refractivity contribution is 6.32. The van der Waals surface area contributed by atoms with E-state index in [1.807, 2.05) is 37.3 Å². The van der Waals surface area contributed by atoms with Crippen LogP contribution in [-0.2, 0) is 4.79 Å². The van der Waals surface area contributed by atoms with E-state index in [2.05, 4.69) is 0 Å². The van der Waals surface area contributed by atoms with Gasteiger partial charge in [-0.3, -0.25) is 9.69 Å². The number of rotatable bonds is 2. The lowest BCUT2D eigenvalue weighted by Crippen LogP contribution is -2.38. The van der Waals surface area contributed by atoms with E-state index in [1.54, 1.807) is 29.2 Å². The number of benzene rings is 2. The molecule has 0 N–H and O–H groups in total. The molecule has 2 aromatic rings. The molecule has 2 aliphatic heterocycles. The molecule has 0 aromatic heterocycles. The number of carbonyl (C=O) groups is 2. The third kappa shape index (κ3) is 2.07. The third-order valence-electron chi connectivity index (χ3n) is 4.49. The Morgan fingerprint density at radius 3 is 2.46 bits per heavy atom. The van der Waals surface area contributed by atoms with E-state index < -0.39 is 6.04 Å². The first-order valence-corrected chi connectivity index (χ1v) is 8.22. The van der Waals surface area contributed by atoms with Gasteiger partial charge in [0.2, 0.25) is 0 Å². The van der Waals surface area contributed by atoms with Crippen LogP contribution in [0.3, 0.4) is 0 Å². The standard InChI is InChI=1S/C19H15ClN2O2/c1-2-12-11-13-5-3-4-6-16(13)22-17(12)18(23)21(19(22)24)15-9-7-14(20)8-10-15/h3-11,17H,2H2,1H3. The minimum Gasteiger partial charge on any atom is -0.277 e. The highest BCUT2D eigenvalue weighted by Gasteiger charge is 2.49. The summed E-state index contributed by atoms with van der Waals surface area (Å²) in [6, 6.07) is 13.5. The lowest BCUT2D eigenvalue weighted by Gasteiger charge is -2.29. The van der Waals surface area contributed by atoms with E-state index in [1.165, 1.54) is 4.90 Å². The largest absolute Gasteiger partial charge is 0.336 e. The molecule has 0 spiro atoms. The Balaban J connectivity index is 1.85. The van der Waals surface area contributed by atoms with Crippen LogP contribution in [0.15, 0.2) is 54.1 Å². The van der Waals surface area contributed by atoms with Crippen molar-refractivity contribution in [2.24, 2.45) is 0 Å². The molecule has 1 saturated heterocycles. The van der Waals surface area contributed by atoms with E-state index >= 15 is 0 Å². The van der Waals surface area contributed by atoms with Crippen molar-refractivity contribution in [1.29, 1.82) is 0 Å². The Bertz CT molecular complexity index is 873. The number of hydrogen-bond acceptors (Lipinski definition) is 2. The molecular weight excluding hydrogens is 324 g/mol. The number of urea groups is 1. The number of para-hydroxylation sites is 1. The molecule has 4 nitrogen and oxygen atoms in total. The van der Waals surface area contributed by atoms with Crippen molar-refractivity contribution >= 4 is 41.0 Å². The molecule has 2 aromatic carbocycles. The summed E-state index contributed by atoms with van der Waals surface area (Å²) in [6.45, 7) is 2.00. The smallest absolute Gasteiger partial charge is 0.277 e. The molecule has 2 heterocycles. The van der Waals surface area contributed by atoms with Gasteiger partial charge in [-0.1, -0.05) is 42.8 Å². The van der Waals surface area contributed by atoms with Gasteiger partial charge < -0.3 is 0 Å². The fraction of sp³-hybridized carbons (Fsp3) is 0.158. The van der Waals surface area contributed by atoms with E-state index in [-0.39, 0.29) is 11.9 Å². The summed E-state index contributed by atoms with van der Waals surface area (Å²) in [5, 5.41) is 0.565. The van der Waals surface area contributed by atoms with Crippen LogP contribution in [0.5, 0.6) is 0 Å². The quantitative estimate of drug-likeness (QED) is 0.757. The highest BCUT2D eigenvalue weighted by Crippen LogP contribution is 2.40. The van der Waals surface area contributed by atoms with E-state index in [0.29, 0.717) is 17.1 Å². The van der Waals surface area contributed by atoms with Gasteiger partial charge in [0, 0.05) is 5.02 Å². The van der Waals surface area contributed by atoms with Crippen LogP contribution in [0.1, 0.15) is 18.9 Å². The molecule has 2 aliphatic rings. The van der Waals surface area contributed by atoms with Crippen LogP contribution in [0.4, 0.5) is 16.2 Å². The summed E-state index contributed by atoms with van der Waals surface area (Å²) in [4.78, 5) is 28.9. The maximum atomic E-state index is 13.0. The first-order valence-electron chi connectivity index (χ1n) is 7.84. The highest BCUT2D eigenvalue weighted by atomic mass is 35.5. The van der Waals surface area contributed by atoms with Gasteiger partial charge in [-0.25, -0.2) is 9.69 Å². The predicted molar refractivity (Wildman–Crippen MR) is 95.3 cm³/mol. The second-order valence-electron chi connectivity index (χ2n) is 5.84. The van der Waals surface area contributed by atoms with Gasteiger partial charge in [0.25, 0.3) is 5.91 Å². The predicted octanol–water partition coefficient (Wildman–Crippen LogP) is 4.49. The SMILES string of the molecule is CCC1=Cc2ccccc2N2C(=O)N(c3ccc(Cl)cc3)C(=O)C12. The molecule has 0 bridgehead atoms. The monoisotopic (exact) mass is 338 g/mol. The molecule has 5 heteroatoms. The summed E-state index contributed by atoms with van der Waals surface area (Å²) in [5.74, 6) is -0.218. The molecule has 1 unspecified atom stereocenters. The molecule has 24 heavy (non-hydrogen) atoms. The van der Waals surface area contributed by atoms with Crippen molar-refractivity contribution < 1.29 is 9.59 Å². The van der Waals surface area contributed by atoms with Crippen LogP contribution in [0, 0.1) is 0 Å². The number of amides is 3. The minimum atomic E-state index is -0.562. The van der Waals surface area contributed by atoms with Gasteiger partial charge in [0.15, 0.2) is 0 Å². The van der Waals surface area contributed by atoms with Crippen LogP contribution in [0.25, 0.3) is 6.08 Å². The van der Waals surface area contributed by atoms with Crippen molar-refractivity contribution in [1.82, 2.24) is 0 Å². The average molecular weight is 339 g/mol. The number of hydrogen-bond donors (Lipinski definition) is 0. The van der Waals surface area contributed by atoms with E-state index in [9.17, 15) is 9.59 Å². The molecule has 4 rings (SSSR count). The van der Waals surface area contributed by atoms with Crippen molar-refractivity contribution in [3.63, 3.8) is 0 Å². The second kappa shape index (κ2) is 5.49. The Kier molecular flexibility index (Phi) is 3.43. The Labute approximate surface area is 144 Å². The average Bonchev–Trinajstić information content (AvgIpc) is 2.87. The van der Waals surface area contributed by atoms with Gasteiger partial charge >= 0.3 is 6.03 Å². The van der Waals surface area contributed by atoms with Crippen molar-refractivity contribution in [2.75, 3.05) is 9.80 Å². The van der Waals surface area contributed by atoms with Gasteiger partial charge in [-0.2, -0.15) is 0 Å². The number of nitrogens with zero attached hydrogens (tertiary/aromatic N) is 2. The lowest BCUT2D eigenvalue weighted by molar-refractivity contribution is -0.117. The summed E-state index contributed by atoms with van der Waals surface area (Å²) in [5.41, 5.74) is 3.22. The first kappa shape index (κ1) is 15.0. The van der Waals surface area contributed by atoms with Gasteiger partial charge in [-0.15, -0.1) is 0 Å². The maximum Gasteiger partial charge on any atom is 0.336 e.